The zero-order valence-corrected chi connectivity index (χ0v) is 20.0. The first-order valence-electron chi connectivity index (χ1n) is 9.76. The van der Waals surface area contributed by atoms with E-state index in [1.165, 1.54) is 28.0 Å². The van der Waals surface area contributed by atoms with Crippen molar-refractivity contribution in [2.75, 3.05) is 11.9 Å². The lowest BCUT2D eigenvalue weighted by Gasteiger charge is -2.13. The molecule has 32 heavy (non-hydrogen) atoms. The van der Waals surface area contributed by atoms with Gasteiger partial charge in [0.1, 0.15) is 10.1 Å². The van der Waals surface area contributed by atoms with E-state index in [-0.39, 0.29) is 18.2 Å². The highest BCUT2D eigenvalue weighted by atomic mass is 35.5. The fourth-order valence-corrected chi connectivity index (χ4v) is 5.30. The first kappa shape index (κ1) is 22.7. The largest absolute Gasteiger partial charge is 0.465 e. The highest BCUT2D eigenvalue weighted by Crippen LogP contribution is 2.32. The van der Waals surface area contributed by atoms with Gasteiger partial charge < -0.3 is 9.73 Å². The Morgan fingerprint density at radius 1 is 1.28 bits per heavy atom. The Kier molecular flexibility index (Phi) is 7.41. The lowest BCUT2D eigenvalue weighted by Crippen LogP contribution is -2.29. The van der Waals surface area contributed by atoms with Gasteiger partial charge in [0.05, 0.1) is 11.2 Å². The third-order valence-electron chi connectivity index (χ3n) is 4.57. The summed E-state index contributed by atoms with van der Waals surface area (Å²) >= 11 is 13.9. The Hall–Kier alpha value is -2.46. The molecule has 0 atom stereocenters. The van der Waals surface area contributed by atoms with Gasteiger partial charge in [0.2, 0.25) is 5.91 Å². The number of nitrogens with zero attached hydrogens (tertiary/aromatic N) is 2. The van der Waals surface area contributed by atoms with Crippen LogP contribution in [0.15, 0.2) is 58.2 Å². The second-order valence-corrected chi connectivity index (χ2v) is 10.2. The molecule has 0 radical (unpaired) electrons. The van der Waals surface area contributed by atoms with Crippen molar-refractivity contribution in [1.82, 2.24) is 9.88 Å². The predicted molar refractivity (Wildman–Crippen MR) is 133 cm³/mol. The number of carbonyl (C=O) groups is 2. The summed E-state index contributed by atoms with van der Waals surface area (Å²) in [5.41, 5.74) is 1.13. The minimum absolute atomic E-state index is 0.144. The fourth-order valence-electron chi connectivity index (χ4n) is 3.03. The molecule has 1 saturated heterocycles. The van der Waals surface area contributed by atoms with E-state index in [9.17, 15) is 9.59 Å². The molecular weight excluding hydrogens is 486 g/mol. The molecule has 2 aromatic heterocycles. The van der Waals surface area contributed by atoms with Gasteiger partial charge in [-0.05, 0) is 36.2 Å². The molecule has 3 heterocycles. The maximum absolute atomic E-state index is 12.6. The number of hydrogen-bond donors (Lipinski definition) is 1. The van der Waals surface area contributed by atoms with Gasteiger partial charge in [-0.3, -0.25) is 14.5 Å². The van der Waals surface area contributed by atoms with E-state index in [1.54, 1.807) is 30.7 Å². The minimum atomic E-state index is -0.163. The Bertz CT molecular complexity index is 1160. The molecule has 1 N–H and O–H groups in total. The van der Waals surface area contributed by atoms with E-state index in [1.807, 2.05) is 24.3 Å². The van der Waals surface area contributed by atoms with Crippen LogP contribution in [0.2, 0.25) is 5.02 Å². The molecule has 1 aromatic carbocycles. The number of thiocarbonyl (C=S) groups is 1. The quantitative estimate of drug-likeness (QED) is 0.318. The Labute approximate surface area is 203 Å². The van der Waals surface area contributed by atoms with Gasteiger partial charge >= 0.3 is 0 Å². The molecule has 2 amide bonds. The number of anilines is 1. The molecular formula is C22H18ClN3O3S3. The summed E-state index contributed by atoms with van der Waals surface area (Å²) in [4.78, 5) is 32.2. The summed E-state index contributed by atoms with van der Waals surface area (Å²) in [5, 5.41) is 4.09. The van der Waals surface area contributed by atoms with Gasteiger partial charge in [-0.15, -0.1) is 11.3 Å². The Morgan fingerprint density at radius 2 is 2.09 bits per heavy atom. The van der Waals surface area contributed by atoms with Crippen LogP contribution in [0, 0.1) is 0 Å². The highest BCUT2D eigenvalue weighted by molar-refractivity contribution is 8.26. The number of benzene rings is 1. The lowest BCUT2D eigenvalue weighted by atomic mass is 10.1. The van der Waals surface area contributed by atoms with Crippen molar-refractivity contribution in [3.05, 3.63) is 75.0 Å². The molecule has 0 aliphatic carbocycles. The number of amides is 2. The number of carbonyl (C=O) groups excluding carboxylic acids is 2. The molecule has 6 nitrogen and oxygen atoms in total. The zero-order chi connectivity index (χ0) is 22.5. The number of nitrogens with one attached hydrogen (secondary N) is 1. The van der Waals surface area contributed by atoms with Crippen LogP contribution in [-0.2, 0) is 16.0 Å². The first-order valence-corrected chi connectivity index (χ1v) is 12.2. The van der Waals surface area contributed by atoms with Crippen LogP contribution in [0.4, 0.5) is 5.13 Å². The van der Waals surface area contributed by atoms with Gasteiger partial charge in [-0.2, -0.15) is 0 Å². The summed E-state index contributed by atoms with van der Waals surface area (Å²) in [6.45, 7) is 0.382. The van der Waals surface area contributed by atoms with Crippen LogP contribution in [0.5, 0.6) is 0 Å². The van der Waals surface area contributed by atoms with Crippen molar-refractivity contribution in [2.45, 2.75) is 19.3 Å². The average Bonchev–Trinajstić information content (AvgIpc) is 3.49. The molecule has 4 rings (SSSR count). The van der Waals surface area contributed by atoms with Crippen molar-refractivity contribution in [1.29, 1.82) is 0 Å². The van der Waals surface area contributed by atoms with Crippen LogP contribution in [0.3, 0.4) is 0 Å². The smallest absolute Gasteiger partial charge is 0.266 e. The number of rotatable bonds is 8. The van der Waals surface area contributed by atoms with Gasteiger partial charge in [-0.1, -0.05) is 47.7 Å². The second kappa shape index (κ2) is 10.4. The summed E-state index contributed by atoms with van der Waals surface area (Å²) in [6, 6.07) is 11.2. The number of halogens is 1. The first-order chi connectivity index (χ1) is 15.5. The summed E-state index contributed by atoms with van der Waals surface area (Å²) in [7, 11) is 0. The highest BCUT2D eigenvalue weighted by Gasteiger charge is 2.31. The van der Waals surface area contributed by atoms with E-state index in [0.29, 0.717) is 38.1 Å². The predicted octanol–water partition coefficient (Wildman–Crippen LogP) is 5.60. The molecule has 0 unspecified atom stereocenters. The van der Waals surface area contributed by atoms with E-state index < -0.39 is 0 Å². The maximum Gasteiger partial charge on any atom is 0.266 e. The van der Waals surface area contributed by atoms with E-state index in [4.69, 9.17) is 28.2 Å². The van der Waals surface area contributed by atoms with E-state index in [2.05, 4.69) is 10.3 Å². The summed E-state index contributed by atoms with van der Waals surface area (Å²) in [5.74, 6) is 0.293. The fraction of sp³-hybridized carbons (Fsp3) is 0.182. The van der Waals surface area contributed by atoms with Gasteiger partial charge in [0.15, 0.2) is 5.13 Å². The third-order valence-corrected chi connectivity index (χ3v) is 7.11. The Morgan fingerprint density at radius 3 is 2.84 bits per heavy atom. The van der Waals surface area contributed by atoms with E-state index >= 15 is 0 Å². The zero-order valence-electron chi connectivity index (χ0n) is 16.7. The standard InChI is InChI=1S/C22H18ClN3O3S3/c23-15-7-5-14(6-8-15)11-17-13-24-21(31-17)25-19(27)4-1-9-26-20(28)18(32-22(26)30)12-16-3-2-10-29-16/h2-3,5-8,10,12-13H,1,4,9,11H2,(H,24,25,27)/b18-12+. The molecule has 1 aliphatic heterocycles. The average molecular weight is 504 g/mol. The normalized spacial score (nSPS) is 15.0. The van der Waals surface area contributed by atoms with Crippen LogP contribution >= 0.6 is 46.9 Å². The van der Waals surface area contributed by atoms with Crippen LogP contribution < -0.4 is 5.32 Å². The van der Waals surface area contributed by atoms with Gasteiger partial charge in [-0.25, -0.2) is 4.98 Å². The lowest BCUT2D eigenvalue weighted by molar-refractivity contribution is -0.122. The summed E-state index contributed by atoms with van der Waals surface area (Å²) in [6.07, 6.45) is 6.48. The number of thiazole rings is 1. The summed E-state index contributed by atoms with van der Waals surface area (Å²) < 4.78 is 5.74. The van der Waals surface area contributed by atoms with Crippen LogP contribution in [0.25, 0.3) is 6.08 Å². The van der Waals surface area contributed by atoms with Gasteiger partial charge in [0, 0.05) is 41.6 Å². The minimum Gasteiger partial charge on any atom is -0.465 e. The molecule has 0 bridgehead atoms. The van der Waals surface area contributed by atoms with Crippen molar-refractivity contribution < 1.29 is 14.0 Å². The van der Waals surface area contributed by atoms with Gasteiger partial charge in [0.25, 0.3) is 5.91 Å². The molecule has 1 aliphatic rings. The number of furan rings is 1. The molecule has 10 heteroatoms. The SMILES string of the molecule is O=C(CCCN1C(=O)/C(=C\c2ccco2)SC1=S)Nc1ncc(Cc2ccc(Cl)cc2)s1. The second-order valence-electron chi connectivity index (χ2n) is 6.94. The molecule has 1 fully saturated rings. The number of thioether (sulfide) groups is 1. The molecule has 0 saturated carbocycles. The molecule has 0 spiro atoms. The number of hydrogen-bond acceptors (Lipinski definition) is 7. The van der Waals surface area contributed by atoms with Crippen molar-refractivity contribution in [3.63, 3.8) is 0 Å². The monoisotopic (exact) mass is 503 g/mol. The number of aromatic nitrogens is 1. The maximum atomic E-state index is 12.6. The van der Waals surface area contributed by atoms with Crippen molar-refractivity contribution >= 4 is 74.3 Å². The third kappa shape index (κ3) is 5.86. The Balaban J connectivity index is 1.24. The molecule has 3 aromatic rings. The van der Waals surface area contributed by atoms with Crippen molar-refractivity contribution in [2.24, 2.45) is 0 Å². The molecule has 164 valence electrons. The van der Waals surface area contributed by atoms with Crippen LogP contribution in [0.1, 0.15) is 29.0 Å². The van der Waals surface area contributed by atoms with Crippen LogP contribution in [-0.4, -0.2) is 32.6 Å². The van der Waals surface area contributed by atoms with E-state index in [0.717, 1.165) is 16.9 Å². The topological polar surface area (TPSA) is 75.4 Å². The van der Waals surface area contributed by atoms with Crippen molar-refractivity contribution in [3.8, 4) is 0 Å².